The normalized spacial score (nSPS) is 13.4. The van der Waals surface area contributed by atoms with Crippen molar-refractivity contribution in [2.75, 3.05) is 7.11 Å². The summed E-state index contributed by atoms with van der Waals surface area (Å²) in [5, 5.41) is 0.373. The second-order valence-corrected chi connectivity index (χ2v) is 5.41. The average Bonchev–Trinajstić information content (AvgIpc) is 2.79. The number of esters is 1. The maximum atomic E-state index is 12.9. The highest BCUT2D eigenvalue weighted by Gasteiger charge is 2.41. The smallest absolute Gasteiger partial charge is 0.392 e. The number of aromatic nitrogens is 1. The maximum Gasteiger partial charge on any atom is 0.392 e. The van der Waals surface area contributed by atoms with Crippen molar-refractivity contribution in [3.63, 3.8) is 0 Å². The largest absolute Gasteiger partial charge is 0.469 e. The van der Waals surface area contributed by atoms with Crippen LogP contribution in [-0.4, -0.2) is 24.2 Å². The van der Waals surface area contributed by atoms with Gasteiger partial charge in [-0.3, -0.25) is 4.79 Å². The standard InChI is InChI=1S/C13H12F3NO2S/c1-19-12(18)7-8(13(14,15)16)6-11-17-9-4-2-3-5-10(9)20-11/h2-5,8H,6-7H2,1H3/t8-/m1/s1. The highest BCUT2D eigenvalue weighted by Crippen LogP contribution is 2.34. The van der Waals surface area contributed by atoms with Gasteiger partial charge in [-0.2, -0.15) is 13.2 Å². The summed E-state index contributed by atoms with van der Waals surface area (Å²) in [5.74, 6) is -2.64. The van der Waals surface area contributed by atoms with Gasteiger partial charge in [-0.1, -0.05) is 12.1 Å². The molecule has 0 radical (unpaired) electrons. The summed E-state index contributed by atoms with van der Waals surface area (Å²) in [4.78, 5) is 15.3. The van der Waals surface area contributed by atoms with Gasteiger partial charge in [0.15, 0.2) is 0 Å². The predicted octanol–water partition coefficient (Wildman–Crippen LogP) is 3.58. The van der Waals surface area contributed by atoms with E-state index in [2.05, 4.69) is 9.72 Å². The molecule has 1 heterocycles. The highest BCUT2D eigenvalue weighted by atomic mass is 32.1. The monoisotopic (exact) mass is 303 g/mol. The fraction of sp³-hybridized carbons (Fsp3) is 0.385. The molecule has 0 bridgehead atoms. The minimum absolute atomic E-state index is 0.308. The van der Waals surface area contributed by atoms with Gasteiger partial charge in [-0.05, 0) is 12.1 Å². The van der Waals surface area contributed by atoms with Gasteiger partial charge in [0, 0.05) is 6.42 Å². The van der Waals surface area contributed by atoms with Crippen LogP contribution in [0.15, 0.2) is 24.3 Å². The number of fused-ring (bicyclic) bond motifs is 1. The molecule has 0 aliphatic heterocycles. The van der Waals surface area contributed by atoms with Crippen molar-refractivity contribution in [1.29, 1.82) is 0 Å². The molecule has 0 spiro atoms. The van der Waals surface area contributed by atoms with Crippen LogP contribution in [-0.2, 0) is 16.0 Å². The van der Waals surface area contributed by atoms with Crippen molar-refractivity contribution >= 4 is 27.5 Å². The SMILES string of the molecule is COC(=O)C[C@@H](Cc1nc2ccccc2s1)C(F)(F)F. The zero-order chi connectivity index (χ0) is 14.8. The summed E-state index contributed by atoms with van der Waals surface area (Å²) in [6, 6.07) is 7.14. The molecule has 0 aliphatic rings. The van der Waals surface area contributed by atoms with E-state index < -0.39 is 24.5 Å². The number of methoxy groups -OCH3 is 1. The Morgan fingerprint density at radius 1 is 1.40 bits per heavy atom. The fourth-order valence-electron chi connectivity index (χ4n) is 1.81. The van der Waals surface area contributed by atoms with E-state index in [-0.39, 0.29) is 6.42 Å². The highest BCUT2D eigenvalue weighted by molar-refractivity contribution is 7.18. The number of rotatable bonds is 4. The molecule has 7 heteroatoms. The topological polar surface area (TPSA) is 39.2 Å². The Hall–Kier alpha value is -1.63. The molecule has 0 saturated heterocycles. The lowest BCUT2D eigenvalue weighted by atomic mass is 10.0. The van der Waals surface area contributed by atoms with E-state index in [1.807, 2.05) is 0 Å². The average molecular weight is 303 g/mol. The Kier molecular flexibility index (Phi) is 4.27. The minimum atomic E-state index is -4.45. The van der Waals surface area contributed by atoms with Crippen molar-refractivity contribution in [3.8, 4) is 0 Å². The van der Waals surface area contributed by atoms with Crippen molar-refractivity contribution < 1.29 is 22.7 Å². The Balaban J connectivity index is 2.20. The number of carbonyl (C=O) groups is 1. The first-order valence-electron chi connectivity index (χ1n) is 5.88. The van der Waals surface area contributed by atoms with Crippen molar-refractivity contribution in [3.05, 3.63) is 29.3 Å². The summed E-state index contributed by atoms with van der Waals surface area (Å²) in [5.41, 5.74) is 0.673. The number of thiazole rings is 1. The number of carbonyl (C=O) groups excluding carboxylic acids is 1. The third-order valence-corrected chi connectivity index (χ3v) is 3.92. The number of nitrogens with zero attached hydrogens (tertiary/aromatic N) is 1. The van der Waals surface area contributed by atoms with Gasteiger partial charge < -0.3 is 4.74 Å². The summed E-state index contributed by atoms with van der Waals surface area (Å²) in [6.07, 6.45) is -5.44. The molecule has 3 nitrogen and oxygen atoms in total. The van der Waals surface area contributed by atoms with E-state index in [9.17, 15) is 18.0 Å². The number of hydrogen-bond acceptors (Lipinski definition) is 4. The van der Waals surface area contributed by atoms with E-state index in [1.54, 1.807) is 24.3 Å². The zero-order valence-corrected chi connectivity index (χ0v) is 11.4. The van der Waals surface area contributed by atoms with Gasteiger partial charge in [-0.25, -0.2) is 4.98 Å². The first-order valence-corrected chi connectivity index (χ1v) is 6.70. The van der Waals surface area contributed by atoms with Crippen molar-refractivity contribution in [2.45, 2.75) is 19.0 Å². The summed E-state index contributed by atoms with van der Waals surface area (Å²) >= 11 is 1.21. The lowest BCUT2D eigenvalue weighted by Gasteiger charge is -2.17. The van der Waals surface area contributed by atoms with Gasteiger partial charge >= 0.3 is 12.1 Å². The van der Waals surface area contributed by atoms with Crippen LogP contribution in [0.1, 0.15) is 11.4 Å². The van der Waals surface area contributed by atoms with Crippen LogP contribution in [0.4, 0.5) is 13.2 Å². The number of alkyl halides is 3. The molecule has 0 unspecified atom stereocenters. The molecule has 0 fully saturated rings. The number of benzene rings is 1. The molecule has 2 rings (SSSR count). The number of hydrogen-bond donors (Lipinski definition) is 0. The van der Waals surface area contributed by atoms with Crippen LogP contribution in [0.5, 0.6) is 0 Å². The summed E-state index contributed by atoms with van der Waals surface area (Å²) < 4.78 is 43.9. The van der Waals surface area contributed by atoms with E-state index in [4.69, 9.17) is 0 Å². The lowest BCUT2D eigenvalue weighted by molar-refractivity contribution is -0.183. The van der Waals surface area contributed by atoms with E-state index in [1.165, 1.54) is 11.3 Å². The Bertz CT molecular complexity index is 576. The summed E-state index contributed by atoms with van der Waals surface area (Å²) in [6.45, 7) is 0. The Labute approximate surface area is 117 Å². The molecule has 20 heavy (non-hydrogen) atoms. The minimum Gasteiger partial charge on any atom is -0.469 e. The molecule has 0 aliphatic carbocycles. The van der Waals surface area contributed by atoms with E-state index in [0.717, 1.165) is 11.8 Å². The quantitative estimate of drug-likeness (QED) is 0.810. The molecule has 0 amide bonds. The van der Waals surface area contributed by atoms with Gasteiger partial charge in [0.05, 0.1) is 34.7 Å². The van der Waals surface area contributed by atoms with Crippen molar-refractivity contribution in [2.24, 2.45) is 5.92 Å². The molecular weight excluding hydrogens is 291 g/mol. The second kappa shape index (κ2) is 5.78. The molecule has 2 aromatic rings. The van der Waals surface area contributed by atoms with Gasteiger partial charge in [0.2, 0.25) is 0 Å². The molecular formula is C13H12F3NO2S. The van der Waals surface area contributed by atoms with Crippen LogP contribution in [0.2, 0.25) is 0 Å². The van der Waals surface area contributed by atoms with E-state index >= 15 is 0 Å². The Morgan fingerprint density at radius 2 is 2.10 bits per heavy atom. The third-order valence-electron chi connectivity index (χ3n) is 2.86. The number of halogens is 3. The van der Waals surface area contributed by atoms with Crippen molar-refractivity contribution in [1.82, 2.24) is 4.98 Å². The van der Waals surface area contributed by atoms with Crippen LogP contribution < -0.4 is 0 Å². The van der Waals surface area contributed by atoms with Crippen LogP contribution >= 0.6 is 11.3 Å². The van der Waals surface area contributed by atoms with E-state index in [0.29, 0.717) is 10.5 Å². The summed E-state index contributed by atoms with van der Waals surface area (Å²) in [7, 11) is 1.08. The molecule has 0 saturated carbocycles. The third kappa shape index (κ3) is 3.47. The second-order valence-electron chi connectivity index (χ2n) is 4.30. The first kappa shape index (κ1) is 14.8. The maximum absolute atomic E-state index is 12.9. The first-order chi connectivity index (χ1) is 9.40. The van der Waals surface area contributed by atoms with Crippen LogP contribution in [0.3, 0.4) is 0 Å². The van der Waals surface area contributed by atoms with Gasteiger partial charge in [0.1, 0.15) is 0 Å². The van der Waals surface area contributed by atoms with Gasteiger partial charge in [0.25, 0.3) is 0 Å². The fourth-order valence-corrected chi connectivity index (χ4v) is 2.85. The predicted molar refractivity (Wildman–Crippen MR) is 69.5 cm³/mol. The molecule has 1 atom stereocenters. The van der Waals surface area contributed by atoms with Crippen LogP contribution in [0, 0.1) is 5.92 Å². The lowest BCUT2D eigenvalue weighted by Crippen LogP contribution is -2.28. The number of ether oxygens (including phenoxy) is 1. The number of para-hydroxylation sites is 1. The molecule has 0 N–H and O–H groups in total. The molecule has 1 aromatic carbocycles. The Morgan fingerprint density at radius 3 is 2.70 bits per heavy atom. The molecule has 108 valence electrons. The van der Waals surface area contributed by atoms with Gasteiger partial charge in [-0.15, -0.1) is 11.3 Å². The molecule has 1 aromatic heterocycles. The van der Waals surface area contributed by atoms with Crippen LogP contribution in [0.25, 0.3) is 10.2 Å². The zero-order valence-electron chi connectivity index (χ0n) is 10.6.